The van der Waals surface area contributed by atoms with E-state index in [1.807, 2.05) is 62.4 Å². The Morgan fingerprint density at radius 3 is 1.29 bits per heavy atom. The molecule has 0 fully saturated rings. The highest BCUT2D eigenvalue weighted by Gasteiger charge is 2.31. The molecule has 2 rings (SSSR count). The maximum absolute atomic E-state index is 13.4. The summed E-state index contributed by atoms with van der Waals surface area (Å²) in [5, 5.41) is 0.105. The molecule has 0 saturated carbocycles. The minimum absolute atomic E-state index is 0.0558. The Kier molecular flexibility index (Phi) is 6.99. The van der Waals surface area contributed by atoms with E-state index in [4.69, 9.17) is 9.05 Å². The van der Waals surface area contributed by atoms with E-state index in [-0.39, 0.29) is 16.1 Å². The molecule has 154 valence electrons. The third kappa shape index (κ3) is 6.60. The van der Waals surface area contributed by atoms with Crippen molar-refractivity contribution in [2.45, 2.75) is 71.5 Å². The van der Waals surface area contributed by atoms with Crippen molar-refractivity contribution in [3.8, 4) is 11.5 Å². The maximum Gasteiger partial charge on any atom is 0.493 e. The van der Waals surface area contributed by atoms with Gasteiger partial charge in [0.2, 0.25) is 0 Å². The van der Waals surface area contributed by atoms with E-state index < -0.39 is 6.80 Å². The lowest BCUT2D eigenvalue weighted by atomic mass is 9.87. The summed E-state index contributed by atoms with van der Waals surface area (Å²) in [6.45, 7) is 13.5. The molecule has 0 radical (unpaired) electrons. The Labute approximate surface area is 174 Å². The molecule has 0 atom stereocenters. The van der Waals surface area contributed by atoms with Gasteiger partial charge in [-0.05, 0) is 57.6 Å². The van der Waals surface area contributed by atoms with Gasteiger partial charge in [0, 0.05) is 5.25 Å². The van der Waals surface area contributed by atoms with E-state index in [0.29, 0.717) is 11.5 Å². The first-order chi connectivity index (χ1) is 12.8. The molecule has 0 aliphatic rings. The minimum atomic E-state index is -3.41. The summed E-state index contributed by atoms with van der Waals surface area (Å²) in [6.07, 6.45) is 0. The van der Waals surface area contributed by atoms with Crippen LogP contribution in [0.15, 0.2) is 48.5 Å². The summed E-state index contributed by atoms with van der Waals surface area (Å²) < 4.78 is 25.2. The van der Waals surface area contributed by atoms with Gasteiger partial charge in [-0.3, -0.25) is 0 Å². The molecule has 0 heterocycles. The normalized spacial score (nSPS) is 12.9. The molecule has 0 spiro atoms. The second-order valence-electron chi connectivity index (χ2n) is 9.33. The first-order valence-electron chi connectivity index (χ1n) is 9.67. The lowest BCUT2D eigenvalue weighted by Gasteiger charge is -2.23. The lowest BCUT2D eigenvalue weighted by Crippen LogP contribution is -2.11. The van der Waals surface area contributed by atoms with E-state index in [0.717, 1.165) is 0 Å². The SMILES string of the molecule is CC(C)SP(=O)(Oc1ccc(C(C)(C)C)cc1)Oc1ccc(C(C)(C)C)cc1. The number of rotatable bonds is 6. The van der Waals surface area contributed by atoms with Crippen molar-refractivity contribution in [2.24, 2.45) is 0 Å². The fourth-order valence-corrected chi connectivity index (χ4v) is 6.33. The van der Waals surface area contributed by atoms with Crippen LogP contribution in [0.2, 0.25) is 0 Å². The summed E-state index contributed by atoms with van der Waals surface area (Å²) in [4.78, 5) is 0. The zero-order valence-corrected chi connectivity index (χ0v) is 20.0. The van der Waals surface area contributed by atoms with Crippen molar-refractivity contribution in [3.63, 3.8) is 0 Å². The Hall–Kier alpha value is -1.38. The summed E-state index contributed by atoms with van der Waals surface area (Å²) in [6, 6.07) is 15.5. The second kappa shape index (κ2) is 8.55. The van der Waals surface area contributed by atoms with Crippen LogP contribution in [0.4, 0.5) is 0 Å². The Bertz CT molecular complexity index is 749. The number of hydrogen-bond acceptors (Lipinski definition) is 4. The van der Waals surface area contributed by atoms with E-state index in [2.05, 4.69) is 41.5 Å². The predicted molar refractivity (Wildman–Crippen MR) is 122 cm³/mol. The molecule has 0 aliphatic heterocycles. The Morgan fingerprint density at radius 2 is 1.04 bits per heavy atom. The van der Waals surface area contributed by atoms with Crippen LogP contribution in [0.25, 0.3) is 0 Å². The second-order valence-corrected chi connectivity index (χ2v) is 13.7. The zero-order valence-electron chi connectivity index (χ0n) is 18.3. The molecule has 0 aromatic heterocycles. The molecule has 0 amide bonds. The van der Waals surface area contributed by atoms with Crippen molar-refractivity contribution < 1.29 is 13.6 Å². The highest BCUT2D eigenvalue weighted by molar-refractivity contribution is 8.55. The smallest absolute Gasteiger partial charge is 0.408 e. The van der Waals surface area contributed by atoms with E-state index >= 15 is 0 Å². The van der Waals surface area contributed by atoms with Crippen molar-refractivity contribution in [1.82, 2.24) is 0 Å². The average Bonchev–Trinajstić information content (AvgIpc) is 2.53. The predicted octanol–water partition coefficient (Wildman–Crippen LogP) is 7.99. The molecule has 0 unspecified atom stereocenters. The van der Waals surface area contributed by atoms with Crippen molar-refractivity contribution in [2.75, 3.05) is 0 Å². The summed E-state index contributed by atoms with van der Waals surface area (Å²) in [7, 11) is 0. The molecule has 0 bridgehead atoms. The minimum Gasteiger partial charge on any atom is -0.408 e. The molecule has 2 aromatic rings. The highest BCUT2D eigenvalue weighted by atomic mass is 32.7. The van der Waals surface area contributed by atoms with Gasteiger partial charge in [-0.25, -0.2) is 4.57 Å². The molecule has 28 heavy (non-hydrogen) atoms. The summed E-state index contributed by atoms with van der Waals surface area (Å²) in [5.41, 5.74) is 2.51. The fourth-order valence-electron chi connectivity index (χ4n) is 2.61. The fraction of sp³-hybridized carbons (Fsp3) is 0.478. The van der Waals surface area contributed by atoms with Gasteiger partial charge in [0.05, 0.1) is 0 Å². The topological polar surface area (TPSA) is 35.5 Å². The summed E-state index contributed by atoms with van der Waals surface area (Å²) in [5.74, 6) is 1.10. The van der Waals surface area contributed by atoms with Crippen molar-refractivity contribution in [3.05, 3.63) is 59.7 Å². The zero-order chi connectivity index (χ0) is 21.2. The van der Waals surface area contributed by atoms with Crippen LogP contribution in [0.3, 0.4) is 0 Å². The van der Waals surface area contributed by atoms with Gasteiger partial charge < -0.3 is 9.05 Å². The number of hydrogen-bond donors (Lipinski definition) is 0. The van der Waals surface area contributed by atoms with Crippen LogP contribution in [0.5, 0.6) is 11.5 Å². The molecule has 0 aliphatic carbocycles. The first kappa shape index (κ1) is 22.9. The van der Waals surface area contributed by atoms with Crippen molar-refractivity contribution >= 4 is 18.2 Å². The molecule has 0 N–H and O–H groups in total. The average molecular weight is 421 g/mol. The van der Waals surface area contributed by atoms with Crippen LogP contribution in [-0.2, 0) is 15.4 Å². The van der Waals surface area contributed by atoms with Gasteiger partial charge in [0.1, 0.15) is 11.5 Å². The van der Waals surface area contributed by atoms with Crippen LogP contribution in [0.1, 0.15) is 66.5 Å². The monoisotopic (exact) mass is 420 g/mol. The van der Waals surface area contributed by atoms with Crippen LogP contribution in [-0.4, -0.2) is 5.25 Å². The molecule has 3 nitrogen and oxygen atoms in total. The molecule has 2 aromatic carbocycles. The van der Waals surface area contributed by atoms with E-state index in [9.17, 15) is 4.57 Å². The molecular formula is C23H33O3PS. The molecule has 5 heteroatoms. The molecule has 0 saturated heterocycles. The van der Waals surface area contributed by atoms with Crippen molar-refractivity contribution in [1.29, 1.82) is 0 Å². The lowest BCUT2D eigenvalue weighted by molar-refractivity contribution is 0.407. The van der Waals surface area contributed by atoms with Gasteiger partial charge in [-0.15, -0.1) is 0 Å². The summed E-state index contributed by atoms with van der Waals surface area (Å²) >= 11 is 1.22. The van der Waals surface area contributed by atoms with Gasteiger partial charge in [0.25, 0.3) is 0 Å². The van der Waals surface area contributed by atoms with E-state index in [1.54, 1.807) is 0 Å². The maximum atomic E-state index is 13.4. The molecular weight excluding hydrogens is 387 g/mol. The third-order valence-electron chi connectivity index (χ3n) is 4.22. The van der Waals surface area contributed by atoms with Gasteiger partial charge in [-0.2, -0.15) is 0 Å². The van der Waals surface area contributed by atoms with Gasteiger partial charge in [0.15, 0.2) is 0 Å². The number of benzene rings is 2. The van der Waals surface area contributed by atoms with Gasteiger partial charge in [-0.1, -0.05) is 79.7 Å². The third-order valence-corrected chi connectivity index (χ3v) is 8.25. The van der Waals surface area contributed by atoms with Crippen LogP contribution in [0, 0.1) is 0 Å². The van der Waals surface area contributed by atoms with E-state index in [1.165, 1.54) is 22.5 Å². The quantitative estimate of drug-likeness (QED) is 0.444. The highest BCUT2D eigenvalue weighted by Crippen LogP contribution is 2.61. The Balaban J connectivity index is 2.22. The van der Waals surface area contributed by atoms with Crippen LogP contribution >= 0.6 is 18.2 Å². The van der Waals surface area contributed by atoms with Gasteiger partial charge >= 0.3 is 6.80 Å². The first-order valence-corrected chi connectivity index (χ1v) is 12.7. The largest absolute Gasteiger partial charge is 0.493 e. The van der Waals surface area contributed by atoms with Crippen LogP contribution < -0.4 is 9.05 Å². The standard InChI is InChI=1S/C23H33O3PS/c1-17(2)28-27(24,25-20-13-9-18(10-14-20)22(3,4)5)26-21-15-11-19(12-16-21)23(6,7)8/h9-17H,1-8H3. The Morgan fingerprint density at radius 1 is 0.714 bits per heavy atom.